The molecule has 1 aliphatic heterocycles. The van der Waals surface area contributed by atoms with Crippen LogP contribution >= 0.6 is 15.6 Å². The summed E-state index contributed by atoms with van der Waals surface area (Å²) >= 11 is 0. The van der Waals surface area contributed by atoms with Gasteiger partial charge >= 0.3 is 33.3 Å². The highest BCUT2D eigenvalue weighted by Gasteiger charge is 2.46. The molecule has 0 saturated carbocycles. The zero-order valence-electron chi connectivity index (χ0n) is 42.9. The Morgan fingerprint density at radius 1 is 0.747 bits per heavy atom. The summed E-state index contributed by atoms with van der Waals surface area (Å²) < 4.78 is 56.5. The number of phosphoric ester groups is 2. The molecule has 1 aromatic rings. The quantitative estimate of drug-likeness (QED) is 0.0107. The number of phosphoric acid groups is 2. The fourth-order valence-corrected chi connectivity index (χ4v) is 8.81. The van der Waals surface area contributed by atoms with Crippen LogP contribution < -0.4 is 11.4 Å². The lowest BCUT2D eigenvalue weighted by Crippen LogP contribution is -2.36. The number of carbonyl (C=O) groups excluding carboxylic acids is 2. The van der Waals surface area contributed by atoms with E-state index in [-0.39, 0.29) is 31.5 Å². The minimum atomic E-state index is -5.52. The Kier molecular flexibility index (Phi) is 34.3. The van der Waals surface area contributed by atoms with Crippen LogP contribution in [0.25, 0.3) is 0 Å². The summed E-state index contributed by atoms with van der Waals surface area (Å²) in [7, 11) is -11.0. The van der Waals surface area contributed by atoms with E-state index in [9.17, 15) is 58.8 Å². The van der Waals surface area contributed by atoms with Crippen molar-refractivity contribution in [3.63, 3.8) is 0 Å². The second-order valence-electron chi connectivity index (χ2n) is 17.1. The number of nitrogens with two attached hydrogens (primary N) is 1. The molecule has 9 N–H and O–H groups in total. The second-order valence-corrected chi connectivity index (χ2v) is 20.2. The highest BCUT2D eigenvalue weighted by atomic mass is 31.3. The maximum Gasteiger partial charge on any atom is 0.481 e. The number of aromatic nitrogens is 2. The third-order valence-corrected chi connectivity index (χ3v) is 13.3. The zero-order valence-corrected chi connectivity index (χ0v) is 44.7. The number of aliphatic hydroxyl groups excluding tert-OH is 5. The van der Waals surface area contributed by atoms with Gasteiger partial charge in [-0.1, -0.05) is 136 Å². The monoisotopic (exact) mass is 1100 g/mol. The molecule has 2 heterocycles. The molecule has 420 valence electrons. The predicted octanol–water partition coefficient (Wildman–Crippen LogP) is 7.13. The van der Waals surface area contributed by atoms with Gasteiger partial charge in [-0.25, -0.2) is 13.9 Å². The van der Waals surface area contributed by atoms with E-state index in [1.165, 1.54) is 18.2 Å². The van der Waals surface area contributed by atoms with E-state index in [0.717, 1.165) is 62.1 Å². The van der Waals surface area contributed by atoms with Crippen LogP contribution in [-0.2, 0) is 46.3 Å². The van der Waals surface area contributed by atoms with Crippen molar-refractivity contribution in [1.82, 2.24) is 9.55 Å². The van der Waals surface area contributed by atoms with E-state index >= 15 is 0 Å². The Morgan fingerprint density at radius 3 is 2.00 bits per heavy atom. The first-order valence-electron chi connectivity index (χ1n) is 25.2. The van der Waals surface area contributed by atoms with Crippen molar-refractivity contribution in [3.05, 3.63) is 132 Å². The van der Waals surface area contributed by atoms with Gasteiger partial charge in [-0.05, 0) is 76.7 Å². The normalized spacial score (nSPS) is 21.0. The third kappa shape index (κ3) is 31.2. The third-order valence-electron chi connectivity index (χ3n) is 10.7. The minimum Gasteiger partial charge on any atom is -0.462 e. The summed E-state index contributed by atoms with van der Waals surface area (Å²) in [5.74, 6) is -1.69. The van der Waals surface area contributed by atoms with Crippen LogP contribution in [0, 0.1) is 0 Å². The van der Waals surface area contributed by atoms with Crippen LogP contribution in [0.3, 0.4) is 0 Å². The Bertz CT molecular complexity index is 2240. The first kappa shape index (κ1) is 66.4. The first-order valence-corrected chi connectivity index (χ1v) is 28.2. The number of nitrogens with zero attached hydrogens (tertiary/aromatic N) is 2. The molecule has 0 aromatic carbocycles. The van der Waals surface area contributed by atoms with Crippen molar-refractivity contribution in [2.45, 2.75) is 159 Å². The van der Waals surface area contributed by atoms with Crippen LogP contribution in [-0.4, -0.2) is 119 Å². The van der Waals surface area contributed by atoms with Gasteiger partial charge in [0.15, 0.2) is 12.3 Å². The highest BCUT2D eigenvalue weighted by Crippen LogP contribution is 2.60. The van der Waals surface area contributed by atoms with Gasteiger partial charge in [-0.3, -0.25) is 23.2 Å². The van der Waals surface area contributed by atoms with E-state index < -0.39 is 102 Å². The predicted molar refractivity (Wildman–Crippen MR) is 283 cm³/mol. The number of aliphatic hydroxyl groups is 5. The first-order chi connectivity index (χ1) is 35.9. The number of esters is 2. The van der Waals surface area contributed by atoms with Crippen molar-refractivity contribution in [3.8, 4) is 0 Å². The standard InChI is InChI=1S/C52H79N3O18P2/c1-3-5-7-8-9-10-11-12-13-14-15-16-17-18-19-24-28-34-48(60)71-42(38-68-47(59)35-29-33-44(58)43(57)32-27-23-21-20-22-26-31-41(56)30-25-6-4-2)39-69-74(64,65)73-75(66,67)70-40-45-49(61)50(62)51(72-45)55-37-36-46(53)54-52(55)63/h5-7,9-10,12-13,15-16,20-23,25-27,31-32,36-37,41-45,49-51,56-58,61-62H,3-4,8,11,14,17-19,24,28-30,33-35,38-40H2,1-2H3,(H,64,65)(H,66,67)(H2,53,54,63)/b7-5-,10-9-,13-12-,16-15-,22-20+,23-21-,25-6-,31-26+,32-27-/t41-,42-,43+,44+,45-,49-,50-,51-/m1/s1. The van der Waals surface area contributed by atoms with Gasteiger partial charge < -0.3 is 55.3 Å². The molecule has 2 unspecified atom stereocenters. The molecule has 21 nitrogen and oxygen atoms in total. The molecule has 1 fully saturated rings. The van der Waals surface area contributed by atoms with Crippen LogP contribution in [0.4, 0.5) is 5.82 Å². The van der Waals surface area contributed by atoms with Crippen molar-refractivity contribution >= 4 is 33.4 Å². The fourth-order valence-electron chi connectivity index (χ4n) is 6.70. The number of hydrogen-bond donors (Lipinski definition) is 8. The molecule has 2 rings (SSSR count). The number of allylic oxidation sites excluding steroid dienone is 15. The molecule has 75 heavy (non-hydrogen) atoms. The SMILES string of the molecule is CC/C=C\C/C=C\C/C=C\C/C=C\CCCCCCC(=O)O[C@H](COC(=O)CCC[C@H](O)[C@@H](O)\C=C/C=C\C=C\C=C\[C@H](O)C/C=C\CC)COP(=O)(O)OP(=O)(O)OC[C@H]1O[C@@H](n2ccc(N)nc2=O)[C@H](O)[C@@H]1O. The average molecular weight is 1100 g/mol. The molecule has 1 aliphatic rings. The lowest BCUT2D eigenvalue weighted by molar-refractivity contribution is -0.161. The van der Waals surface area contributed by atoms with E-state index in [0.29, 0.717) is 19.3 Å². The van der Waals surface area contributed by atoms with Crippen molar-refractivity contribution < 1.29 is 81.6 Å². The topological polar surface area (TPSA) is 326 Å². The van der Waals surface area contributed by atoms with Crippen LogP contribution in [0.15, 0.2) is 126 Å². The summed E-state index contributed by atoms with van der Waals surface area (Å²) in [5.41, 5.74) is 4.55. The number of carbonyl (C=O) groups is 2. The van der Waals surface area contributed by atoms with Crippen molar-refractivity contribution in [2.75, 3.05) is 25.6 Å². The molecule has 1 saturated heterocycles. The second kappa shape index (κ2) is 38.8. The van der Waals surface area contributed by atoms with Crippen LogP contribution in [0.1, 0.15) is 116 Å². The average Bonchev–Trinajstić information content (AvgIpc) is 3.64. The van der Waals surface area contributed by atoms with Crippen molar-refractivity contribution in [1.29, 1.82) is 0 Å². The van der Waals surface area contributed by atoms with Crippen molar-refractivity contribution in [2.24, 2.45) is 0 Å². The summed E-state index contributed by atoms with van der Waals surface area (Å²) in [5, 5.41) is 51.5. The van der Waals surface area contributed by atoms with Gasteiger partial charge in [0.25, 0.3) is 0 Å². The van der Waals surface area contributed by atoms with Gasteiger partial charge in [0.2, 0.25) is 0 Å². The molecule has 0 bridgehead atoms. The fraction of sp³-hybridized carbons (Fsp3) is 0.538. The maximum absolute atomic E-state index is 12.9. The number of ether oxygens (including phenoxy) is 3. The molecule has 1 aromatic heterocycles. The summed E-state index contributed by atoms with van der Waals surface area (Å²) in [6.45, 7) is 1.47. The van der Waals surface area contributed by atoms with E-state index in [1.54, 1.807) is 36.5 Å². The lowest BCUT2D eigenvalue weighted by Gasteiger charge is -2.21. The number of hydrogen-bond acceptors (Lipinski definition) is 18. The minimum absolute atomic E-state index is 0.00281. The number of unbranched alkanes of at least 4 members (excludes halogenated alkanes) is 4. The Morgan fingerprint density at radius 2 is 1.33 bits per heavy atom. The summed E-state index contributed by atoms with van der Waals surface area (Å²) in [4.78, 5) is 62.0. The van der Waals surface area contributed by atoms with E-state index in [4.69, 9.17) is 29.0 Å². The molecule has 0 aliphatic carbocycles. The van der Waals surface area contributed by atoms with Crippen LogP contribution in [0.5, 0.6) is 0 Å². The summed E-state index contributed by atoms with van der Waals surface area (Å²) in [6.07, 6.45) is 32.5. The van der Waals surface area contributed by atoms with E-state index in [2.05, 4.69) is 64.8 Å². The van der Waals surface area contributed by atoms with Crippen LogP contribution in [0.2, 0.25) is 0 Å². The Labute approximate surface area is 440 Å². The van der Waals surface area contributed by atoms with Gasteiger partial charge in [-0.15, -0.1) is 0 Å². The number of anilines is 1. The maximum atomic E-state index is 12.9. The smallest absolute Gasteiger partial charge is 0.462 e. The number of rotatable bonds is 39. The molecule has 23 heteroatoms. The van der Waals surface area contributed by atoms with Gasteiger partial charge in [0.05, 0.1) is 31.5 Å². The molecular weight excluding hydrogens is 1020 g/mol. The van der Waals surface area contributed by atoms with Gasteiger partial charge in [0.1, 0.15) is 30.7 Å². The number of nitrogen functional groups attached to an aromatic ring is 1. The van der Waals surface area contributed by atoms with E-state index in [1.807, 2.05) is 19.1 Å². The molecule has 0 spiro atoms. The van der Waals surface area contributed by atoms with Gasteiger partial charge in [0, 0.05) is 19.0 Å². The Balaban J connectivity index is 1.91. The zero-order chi connectivity index (χ0) is 55.3. The molecule has 0 radical (unpaired) electrons. The molecule has 0 amide bonds. The highest BCUT2D eigenvalue weighted by molar-refractivity contribution is 7.61. The Hall–Kier alpha value is -4.70. The summed E-state index contributed by atoms with van der Waals surface area (Å²) in [6, 6.07) is 1.22. The lowest BCUT2D eigenvalue weighted by atomic mass is 10.1. The van der Waals surface area contributed by atoms with Gasteiger partial charge in [-0.2, -0.15) is 9.29 Å². The molecule has 10 atom stereocenters. The largest absolute Gasteiger partial charge is 0.481 e. The molecular formula is C52H79N3O18P2.